The van der Waals surface area contributed by atoms with Gasteiger partial charge in [0.2, 0.25) is 6.29 Å². The van der Waals surface area contributed by atoms with Gasteiger partial charge in [-0.2, -0.15) is 0 Å². The van der Waals surface area contributed by atoms with Crippen LogP contribution in [0, 0.1) is 10.1 Å². The molecule has 8 nitrogen and oxygen atoms in total. The summed E-state index contributed by atoms with van der Waals surface area (Å²) in [7, 11) is 0. The van der Waals surface area contributed by atoms with E-state index in [1.54, 1.807) is 0 Å². The van der Waals surface area contributed by atoms with Gasteiger partial charge in [0.15, 0.2) is 0 Å². The normalized spacial score (nSPS) is 29.9. The van der Waals surface area contributed by atoms with Crippen molar-refractivity contribution in [2.45, 2.75) is 31.0 Å². The van der Waals surface area contributed by atoms with Gasteiger partial charge in [0.25, 0.3) is 5.69 Å². The lowest BCUT2D eigenvalue weighted by atomic mass is 10.0. The van der Waals surface area contributed by atoms with E-state index in [1.807, 2.05) is 0 Å². The third-order valence-corrected chi connectivity index (χ3v) is 3.01. The van der Waals surface area contributed by atoms with Gasteiger partial charge < -0.3 is 24.8 Å². The Bertz CT molecular complexity index is 481. The summed E-state index contributed by atoms with van der Waals surface area (Å²) in [6, 6.07) is 5.53. The van der Waals surface area contributed by atoms with Gasteiger partial charge in [-0.25, -0.2) is 0 Å². The first-order valence-corrected chi connectivity index (χ1v) is 6.05. The quantitative estimate of drug-likeness (QED) is 0.517. The van der Waals surface area contributed by atoms with E-state index in [4.69, 9.17) is 14.6 Å². The second-order valence-corrected chi connectivity index (χ2v) is 4.45. The summed E-state index contributed by atoms with van der Waals surface area (Å²) in [5, 5.41) is 38.9. The second-order valence-electron chi connectivity index (χ2n) is 4.45. The average Bonchev–Trinajstić information content (AvgIpc) is 2.43. The van der Waals surface area contributed by atoms with Gasteiger partial charge in [-0.05, 0) is 6.07 Å². The molecule has 1 aromatic carbocycles. The molecule has 4 unspecified atom stereocenters. The number of nitro benzene ring substituents is 1. The zero-order valence-corrected chi connectivity index (χ0v) is 10.5. The van der Waals surface area contributed by atoms with Crippen LogP contribution in [-0.4, -0.2) is 51.5 Å². The fraction of sp³-hybridized carbons (Fsp3) is 0.500. The molecular formula is C12H15NO7. The Morgan fingerprint density at radius 1 is 1.45 bits per heavy atom. The van der Waals surface area contributed by atoms with Crippen LogP contribution >= 0.6 is 0 Å². The Hall–Kier alpha value is -1.74. The van der Waals surface area contributed by atoms with Crippen molar-refractivity contribution >= 4 is 5.69 Å². The molecule has 0 aromatic heterocycles. The highest BCUT2D eigenvalue weighted by Crippen LogP contribution is 2.25. The molecule has 4 atom stereocenters. The van der Waals surface area contributed by atoms with E-state index < -0.39 is 36.1 Å². The summed E-state index contributed by atoms with van der Waals surface area (Å²) in [5.74, 6) is 0.212. The molecule has 20 heavy (non-hydrogen) atoms. The molecule has 1 fully saturated rings. The molecular weight excluding hydrogens is 270 g/mol. The first-order valence-electron chi connectivity index (χ1n) is 6.05. The minimum Gasteiger partial charge on any atom is -0.465 e. The summed E-state index contributed by atoms with van der Waals surface area (Å²) >= 11 is 0. The zero-order valence-electron chi connectivity index (χ0n) is 10.5. The number of aliphatic hydroxyl groups excluding tert-OH is 3. The molecule has 1 aliphatic heterocycles. The van der Waals surface area contributed by atoms with Crippen LogP contribution in [0.2, 0.25) is 0 Å². The molecule has 0 aliphatic carbocycles. The molecule has 0 radical (unpaired) electrons. The van der Waals surface area contributed by atoms with E-state index in [0.717, 1.165) is 0 Å². The SMILES string of the molecule is O=[N+]([O-])c1cccc(OC2CC(O)C(O)C(CO)O2)c1. The van der Waals surface area contributed by atoms with Crippen molar-refractivity contribution in [3.8, 4) is 5.75 Å². The number of nitrogens with zero attached hydrogens (tertiary/aromatic N) is 1. The number of non-ortho nitro benzene ring substituents is 1. The molecule has 3 N–H and O–H groups in total. The fourth-order valence-corrected chi connectivity index (χ4v) is 1.96. The Kier molecular flexibility index (Phi) is 4.50. The first-order chi connectivity index (χ1) is 9.51. The third kappa shape index (κ3) is 3.23. The highest BCUT2D eigenvalue weighted by Gasteiger charge is 2.37. The van der Waals surface area contributed by atoms with Crippen LogP contribution in [-0.2, 0) is 4.74 Å². The van der Waals surface area contributed by atoms with Crippen molar-refractivity contribution in [3.63, 3.8) is 0 Å². The van der Waals surface area contributed by atoms with Crippen LogP contribution in [0.15, 0.2) is 24.3 Å². The van der Waals surface area contributed by atoms with Crippen molar-refractivity contribution in [1.82, 2.24) is 0 Å². The van der Waals surface area contributed by atoms with E-state index in [1.165, 1.54) is 24.3 Å². The summed E-state index contributed by atoms with van der Waals surface area (Å²) in [6.45, 7) is -0.465. The summed E-state index contributed by atoms with van der Waals surface area (Å²) in [5.41, 5.74) is -0.127. The van der Waals surface area contributed by atoms with Gasteiger partial charge in [-0.1, -0.05) is 6.07 Å². The molecule has 1 heterocycles. The molecule has 0 spiro atoms. The number of ether oxygens (including phenoxy) is 2. The number of aliphatic hydroxyl groups is 3. The highest BCUT2D eigenvalue weighted by atomic mass is 16.7. The van der Waals surface area contributed by atoms with Crippen molar-refractivity contribution in [3.05, 3.63) is 34.4 Å². The Morgan fingerprint density at radius 2 is 2.20 bits per heavy atom. The minimum absolute atomic E-state index is 0.000356. The topological polar surface area (TPSA) is 122 Å². The number of nitro groups is 1. The zero-order chi connectivity index (χ0) is 14.7. The fourth-order valence-electron chi connectivity index (χ4n) is 1.96. The van der Waals surface area contributed by atoms with Gasteiger partial charge in [0.1, 0.15) is 18.0 Å². The van der Waals surface area contributed by atoms with E-state index >= 15 is 0 Å². The first kappa shape index (κ1) is 14.7. The average molecular weight is 285 g/mol. The van der Waals surface area contributed by atoms with Gasteiger partial charge in [0.05, 0.1) is 23.7 Å². The molecule has 0 bridgehead atoms. The van der Waals surface area contributed by atoms with Gasteiger partial charge in [-0.3, -0.25) is 10.1 Å². The highest BCUT2D eigenvalue weighted by molar-refractivity contribution is 5.38. The second kappa shape index (κ2) is 6.14. The lowest BCUT2D eigenvalue weighted by Crippen LogP contribution is -2.51. The maximum atomic E-state index is 10.7. The predicted octanol–water partition coefficient (Wildman–Crippen LogP) is -0.197. The minimum atomic E-state index is -1.19. The summed E-state index contributed by atoms with van der Waals surface area (Å²) in [4.78, 5) is 10.1. The van der Waals surface area contributed by atoms with Crippen LogP contribution < -0.4 is 4.74 Å². The number of hydrogen-bond acceptors (Lipinski definition) is 7. The van der Waals surface area contributed by atoms with Gasteiger partial charge in [0, 0.05) is 12.5 Å². The van der Waals surface area contributed by atoms with Crippen LogP contribution in [0.25, 0.3) is 0 Å². The standard InChI is InChI=1S/C12H15NO7/c14-6-10-12(16)9(15)5-11(20-10)19-8-3-1-2-7(4-8)13(17)18/h1-4,9-12,14-16H,5-6H2. The third-order valence-electron chi connectivity index (χ3n) is 3.01. The van der Waals surface area contributed by atoms with Gasteiger partial charge >= 0.3 is 0 Å². The Labute approximate surface area is 114 Å². The van der Waals surface area contributed by atoms with Crippen LogP contribution in [0.1, 0.15) is 6.42 Å². The van der Waals surface area contributed by atoms with Crippen molar-refractivity contribution < 1.29 is 29.7 Å². The largest absolute Gasteiger partial charge is 0.465 e. The number of rotatable bonds is 4. The van der Waals surface area contributed by atoms with Crippen molar-refractivity contribution in [2.75, 3.05) is 6.61 Å². The lowest BCUT2D eigenvalue weighted by Gasteiger charge is -2.36. The van der Waals surface area contributed by atoms with Gasteiger partial charge in [-0.15, -0.1) is 0 Å². The molecule has 1 saturated heterocycles. The Balaban J connectivity index is 2.06. The molecule has 0 saturated carbocycles. The summed E-state index contributed by atoms with van der Waals surface area (Å²) < 4.78 is 10.7. The predicted molar refractivity (Wildman–Crippen MR) is 66.1 cm³/mol. The molecule has 2 rings (SSSR count). The maximum Gasteiger partial charge on any atom is 0.273 e. The smallest absolute Gasteiger partial charge is 0.273 e. The molecule has 1 aliphatic rings. The summed E-state index contributed by atoms with van der Waals surface area (Å²) in [6.07, 6.45) is -4.13. The Morgan fingerprint density at radius 3 is 2.85 bits per heavy atom. The molecule has 110 valence electrons. The van der Waals surface area contributed by atoms with E-state index in [-0.39, 0.29) is 17.9 Å². The van der Waals surface area contributed by atoms with E-state index in [9.17, 15) is 20.3 Å². The monoisotopic (exact) mass is 285 g/mol. The molecule has 8 heteroatoms. The van der Waals surface area contributed by atoms with Crippen LogP contribution in [0.3, 0.4) is 0 Å². The number of hydrogen-bond donors (Lipinski definition) is 3. The van der Waals surface area contributed by atoms with E-state index in [0.29, 0.717) is 0 Å². The maximum absolute atomic E-state index is 10.7. The lowest BCUT2D eigenvalue weighted by molar-refractivity contribution is -0.385. The van der Waals surface area contributed by atoms with Crippen LogP contribution in [0.4, 0.5) is 5.69 Å². The number of benzene rings is 1. The van der Waals surface area contributed by atoms with Crippen molar-refractivity contribution in [2.24, 2.45) is 0 Å². The van der Waals surface area contributed by atoms with Crippen LogP contribution in [0.5, 0.6) is 5.75 Å². The van der Waals surface area contributed by atoms with Crippen molar-refractivity contribution in [1.29, 1.82) is 0 Å². The molecule has 1 aromatic rings. The molecule has 0 amide bonds. The van der Waals surface area contributed by atoms with E-state index in [2.05, 4.69) is 0 Å².